The van der Waals surface area contributed by atoms with E-state index in [0.29, 0.717) is 6.04 Å². The molecule has 1 fully saturated rings. The van der Waals surface area contributed by atoms with Crippen molar-refractivity contribution in [1.82, 2.24) is 5.32 Å². The van der Waals surface area contributed by atoms with Gasteiger partial charge in [0, 0.05) is 19.8 Å². The van der Waals surface area contributed by atoms with Gasteiger partial charge in [-0.05, 0) is 43.2 Å². The van der Waals surface area contributed by atoms with E-state index in [0.717, 1.165) is 31.4 Å². The minimum Gasteiger partial charge on any atom is -0.385 e. The Morgan fingerprint density at radius 2 is 2.11 bits per heavy atom. The molecule has 0 aliphatic heterocycles. The van der Waals surface area contributed by atoms with Gasteiger partial charge in [-0.1, -0.05) is 37.3 Å². The van der Waals surface area contributed by atoms with Gasteiger partial charge < -0.3 is 10.1 Å². The predicted octanol–water partition coefficient (Wildman–Crippen LogP) is 3.19. The van der Waals surface area contributed by atoms with Gasteiger partial charge in [0.2, 0.25) is 0 Å². The van der Waals surface area contributed by atoms with Crippen LogP contribution in [0.25, 0.3) is 0 Å². The van der Waals surface area contributed by atoms with Gasteiger partial charge in [-0.15, -0.1) is 0 Å². The van der Waals surface area contributed by atoms with Crippen molar-refractivity contribution >= 4 is 0 Å². The molecule has 0 radical (unpaired) electrons. The van der Waals surface area contributed by atoms with E-state index in [2.05, 4.69) is 42.6 Å². The van der Waals surface area contributed by atoms with E-state index in [-0.39, 0.29) is 0 Å². The van der Waals surface area contributed by atoms with Gasteiger partial charge in [0.05, 0.1) is 0 Å². The molecule has 0 heterocycles. The maximum absolute atomic E-state index is 5.23. The van der Waals surface area contributed by atoms with Gasteiger partial charge in [0.15, 0.2) is 0 Å². The van der Waals surface area contributed by atoms with Crippen LogP contribution in [0.2, 0.25) is 0 Å². The summed E-state index contributed by atoms with van der Waals surface area (Å²) in [6, 6.07) is 11.5. The molecule has 0 spiro atoms. The Morgan fingerprint density at radius 3 is 2.78 bits per heavy atom. The van der Waals surface area contributed by atoms with Gasteiger partial charge in [0.1, 0.15) is 0 Å². The Balaban J connectivity index is 1.88. The van der Waals surface area contributed by atoms with Crippen molar-refractivity contribution in [2.75, 3.05) is 20.3 Å². The standard InChI is InChI=1S/C16H25NO/c1-3-10-17-16(9-11-18-2)15-12-14(15)13-7-5-4-6-8-13/h4-8,14-17H,3,9-12H2,1-2H3. The zero-order valence-corrected chi connectivity index (χ0v) is 11.6. The average Bonchev–Trinajstić information content (AvgIpc) is 3.20. The summed E-state index contributed by atoms with van der Waals surface area (Å²) < 4.78 is 5.23. The molecule has 0 aromatic heterocycles. The number of hydrogen-bond acceptors (Lipinski definition) is 2. The Kier molecular flexibility index (Phi) is 5.21. The van der Waals surface area contributed by atoms with Crippen LogP contribution in [0.1, 0.15) is 37.7 Å². The molecule has 1 N–H and O–H groups in total. The number of ether oxygens (including phenoxy) is 1. The van der Waals surface area contributed by atoms with E-state index in [1.54, 1.807) is 7.11 Å². The van der Waals surface area contributed by atoms with E-state index in [9.17, 15) is 0 Å². The molecule has 2 rings (SSSR count). The summed E-state index contributed by atoms with van der Waals surface area (Å²) in [5.41, 5.74) is 1.50. The molecule has 3 atom stereocenters. The highest BCUT2D eigenvalue weighted by Gasteiger charge is 2.43. The lowest BCUT2D eigenvalue weighted by atomic mass is 10.0. The quantitative estimate of drug-likeness (QED) is 0.761. The third-order valence-electron chi connectivity index (χ3n) is 3.87. The molecule has 0 amide bonds. The molecule has 2 nitrogen and oxygen atoms in total. The lowest BCUT2D eigenvalue weighted by Gasteiger charge is -2.18. The van der Waals surface area contributed by atoms with E-state index < -0.39 is 0 Å². The Bertz CT molecular complexity index is 330. The second kappa shape index (κ2) is 6.91. The van der Waals surface area contributed by atoms with Crippen LogP contribution in [-0.4, -0.2) is 26.3 Å². The number of benzene rings is 1. The fourth-order valence-electron chi connectivity index (χ4n) is 2.78. The highest BCUT2D eigenvalue weighted by Crippen LogP contribution is 2.50. The Morgan fingerprint density at radius 1 is 1.33 bits per heavy atom. The number of rotatable bonds is 8. The summed E-state index contributed by atoms with van der Waals surface area (Å²) in [5.74, 6) is 1.56. The average molecular weight is 247 g/mol. The first-order valence-corrected chi connectivity index (χ1v) is 7.14. The van der Waals surface area contributed by atoms with Crippen molar-refractivity contribution in [3.05, 3.63) is 35.9 Å². The molecule has 1 aliphatic carbocycles. The van der Waals surface area contributed by atoms with E-state index in [1.165, 1.54) is 18.4 Å². The lowest BCUT2D eigenvalue weighted by Crippen LogP contribution is -2.33. The molecule has 1 saturated carbocycles. The van der Waals surface area contributed by atoms with E-state index in [1.807, 2.05) is 0 Å². The van der Waals surface area contributed by atoms with Gasteiger partial charge >= 0.3 is 0 Å². The molecule has 0 bridgehead atoms. The largest absolute Gasteiger partial charge is 0.385 e. The summed E-state index contributed by atoms with van der Waals surface area (Å²) in [5, 5.41) is 3.69. The topological polar surface area (TPSA) is 21.3 Å². The van der Waals surface area contributed by atoms with Crippen LogP contribution < -0.4 is 5.32 Å². The van der Waals surface area contributed by atoms with Crippen molar-refractivity contribution in [2.45, 2.75) is 38.1 Å². The van der Waals surface area contributed by atoms with Crippen LogP contribution in [0.15, 0.2) is 30.3 Å². The third kappa shape index (κ3) is 3.56. The molecule has 100 valence electrons. The zero-order chi connectivity index (χ0) is 12.8. The van der Waals surface area contributed by atoms with Gasteiger partial charge in [-0.3, -0.25) is 0 Å². The second-order valence-corrected chi connectivity index (χ2v) is 5.26. The summed E-state index contributed by atoms with van der Waals surface area (Å²) in [6.45, 7) is 4.20. The summed E-state index contributed by atoms with van der Waals surface area (Å²) in [6.07, 6.45) is 3.66. The Labute approximate surface area is 111 Å². The molecule has 1 aromatic rings. The molecule has 1 aliphatic rings. The van der Waals surface area contributed by atoms with Crippen LogP contribution in [0.4, 0.5) is 0 Å². The van der Waals surface area contributed by atoms with Crippen LogP contribution in [0.3, 0.4) is 0 Å². The second-order valence-electron chi connectivity index (χ2n) is 5.26. The number of nitrogens with one attached hydrogen (secondary N) is 1. The fraction of sp³-hybridized carbons (Fsp3) is 0.625. The highest BCUT2D eigenvalue weighted by atomic mass is 16.5. The number of methoxy groups -OCH3 is 1. The first kappa shape index (κ1) is 13.6. The predicted molar refractivity (Wildman–Crippen MR) is 75.9 cm³/mol. The maximum atomic E-state index is 5.23. The fourth-order valence-corrected chi connectivity index (χ4v) is 2.78. The van der Waals surface area contributed by atoms with Gasteiger partial charge in [-0.25, -0.2) is 0 Å². The molecule has 0 saturated heterocycles. The Hall–Kier alpha value is -0.860. The summed E-state index contributed by atoms with van der Waals surface area (Å²) in [7, 11) is 1.79. The third-order valence-corrected chi connectivity index (χ3v) is 3.87. The summed E-state index contributed by atoms with van der Waals surface area (Å²) in [4.78, 5) is 0. The monoisotopic (exact) mass is 247 g/mol. The number of hydrogen-bond donors (Lipinski definition) is 1. The van der Waals surface area contributed by atoms with Crippen LogP contribution >= 0.6 is 0 Å². The molecule has 18 heavy (non-hydrogen) atoms. The first-order valence-electron chi connectivity index (χ1n) is 7.14. The zero-order valence-electron chi connectivity index (χ0n) is 11.6. The van der Waals surface area contributed by atoms with Gasteiger partial charge in [-0.2, -0.15) is 0 Å². The van der Waals surface area contributed by atoms with E-state index in [4.69, 9.17) is 4.74 Å². The van der Waals surface area contributed by atoms with Crippen molar-refractivity contribution < 1.29 is 4.74 Å². The summed E-state index contributed by atoms with van der Waals surface area (Å²) >= 11 is 0. The lowest BCUT2D eigenvalue weighted by molar-refractivity contribution is 0.178. The smallest absolute Gasteiger partial charge is 0.0477 e. The maximum Gasteiger partial charge on any atom is 0.0477 e. The molecular formula is C16H25NO. The van der Waals surface area contributed by atoms with Gasteiger partial charge in [0.25, 0.3) is 0 Å². The van der Waals surface area contributed by atoms with Crippen LogP contribution in [0.5, 0.6) is 0 Å². The molecule has 2 heteroatoms. The highest BCUT2D eigenvalue weighted by molar-refractivity contribution is 5.26. The van der Waals surface area contributed by atoms with Crippen LogP contribution in [-0.2, 0) is 4.74 Å². The van der Waals surface area contributed by atoms with Crippen molar-refractivity contribution in [3.63, 3.8) is 0 Å². The normalized spacial score (nSPS) is 23.9. The SMILES string of the molecule is CCCNC(CCOC)C1CC1c1ccccc1. The molecular weight excluding hydrogens is 222 g/mol. The van der Waals surface area contributed by atoms with Crippen molar-refractivity contribution in [1.29, 1.82) is 0 Å². The minimum atomic E-state index is 0.620. The first-order chi connectivity index (χ1) is 8.86. The van der Waals surface area contributed by atoms with Crippen molar-refractivity contribution in [3.8, 4) is 0 Å². The molecule has 1 aromatic carbocycles. The minimum absolute atomic E-state index is 0.620. The van der Waals surface area contributed by atoms with E-state index >= 15 is 0 Å². The van der Waals surface area contributed by atoms with Crippen molar-refractivity contribution in [2.24, 2.45) is 5.92 Å². The van der Waals surface area contributed by atoms with Crippen LogP contribution in [0, 0.1) is 5.92 Å². The molecule has 3 unspecified atom stereocenters.